The zero-order valence-electron chi connectivity index (χ0n) is 13.4. The Hall–Kier alpha value is -1.75. The number of fused-ring (bicyclic) bond motifs is 1. The van der Waals surface area contributed by atoms with Gasteiger partial charge in [0, 0.05) is 43.7 Å². The van der Waals surface area contributed by atoms with Crippen LogP contribution in [0.3, 0.4) is 0 Å². The van der Waals surface area contributed by atoms with Gasteiger partial charge in [-0.05, 0) is 22.3 Å². The third-order valence-electron chi connectivity index (χ3n) is 3.35. The predicted octanol–water partition coefficient (Wildman–Crippen LogP) is 3.52. The van der Waals surface area contributed by atoms with Crippen LogP contribution in [-0.4, -0.2) is 40.5 Å². The Morgan fingerprint density at radius 3 is 2.95 bits per heavy atom. The van der Waals surface area contributed by atoms with Crippen LogP contribution >= 0.6 is 11.8 Å². The van der Waals surface area contributed by atoms with E-state index in [1.807, 2.05) is 43.2 Å². The number of benzene rings is 1. The highest BCUT2D eigenvalue weighted by atomic mass is 32.2. The molecule has 0 saturated heterocycles. The van der Waals surface area contributed by atoms with Crippen LogP contribution in [0.5, 0.6) is 0 Å². The lowest BCUT2D eigenvalue weighted by molar-refractivity contribution is 0.208. The number of aromatic nitrogens is 1. The molecule has 4 nitrogen and oxygen atoms in total. The van der Waals surface area contributed by atoms with Crippen LogP contribution in [0, 0.1) is 0 Å². The van der Waals surface area contributed by atoms with Crippen molar-refractivity contribution < 1.29 is 4.79 Å². The highest BCUT2D eigenvalue weighted by molar-refractivity contribution is 7.99. The molecule has 0 atom stereocenters. The molecule has 0 spiro atoms. The van der Waals surface area contributed by atoms with E-state index in [0.717, 1.165) is 22.1 Å². The van der Waals surface area contributed by atoms with E-state index in [2.05, 4.69) is 30.2 Å². The maximum Gasteiger partial charge on any atom is 0.317 e. The molecule has 1 heterocycles. The quantitative estimate of drug-likeness (QED) is 0.829. The van der Waals surface area contributed by atoms with E-state index in [1.54, 1.807) is 11.1 Å². The number of nitrogens with zero attached hydrogens (tertiary/aromatic N) is 2. The van der Waals surface area contributed by atoms with Gasteiger partial charge in [-0.2, -0.15) is 11.8 Å². The number of carbonyl (C=O) groups is 1. The molecule has 1 aromatic heterocycles. The molecule has 0 unspecified atom stereocenters. The number of nitrogens with one attached hydrogen (secondary N) is 1. The predicted molar refractivity (Wildman–Crippen MR) is 94.2 cm³/mol. The van der Waals surface area contributed by atoms with Gasteiger partial charge in [0.15, 0.2) is 0 Å². The Balaban J connectivity index is 1.93. The SMILES string of the molecule is CC(C)SCCNC(=O)N(C)Cc1cccc2cnccc12. The van der Waals surface area contributed by atoms with Crippen molar-refractivity contribution in [2.75, 3.05) is 19.3 Å². The summed E-state index contributed by atoms with van der Waals surface area (Å²) in [5, 5.41) is 5.80. The molecule has 0 radical (unpaired) electrons. The second kappa shape index (κ2) is 8.03. The number of rotatable bonds is 6. The summed E-state index contributed by atoms with van der Waals surface area (Å²) in [7, 11) is 1.82. The second-order valence-corrected chi connectivity index (χ2v) is 7.21. The maximum absolute atomic E-state index is 12.1. The summed E-state index contributed by atoms with van der Waals surface area (Å²) >= 11 is 1.85. The molecule has 0 aliphatic heterocycles. The summed E-state index contributed by atoms with van der Waals surface area (Å²) in [6, 6.07) is 8.06. The van der Waals surface area contributed by atoms with Gasteiger partial charge in [0.25, 0.3) is 0 Å². The van der Waals surface area contributed by atoms with Gasteiger partial charge in [0.05, 0.1) is 0 Å². The van der Waals surface area contributed by atoms with Crippen LogP contribution in [-0.2, 0) is 6.54 Å². The van der Waals surface area contributed by atoms with Crippen molar-refractivity contribution in [1.82, 2.24) is 15.2 Å². The molecule has 22 heavy (non-hydrogen) atoms. The Morgan fingerprint density at radius 2 is 2.18 bits per heavy atom. The van der Waals surface area contributed by atoms with Gasteiger partial charge < -0.3 is 10.2 Å². The first-order chi connectivity index (χ1) is 10.6. The number of hydrogen-bond donors (Lipinski definition) is 1. The summed E-state index contributed by atoms with van der Waals surface area (Å²) in [5.41, 5.74) is 1.13. The molecule has 0 fully saturated rings. The Kier molecular flexibility index (Phi) is 6.07. The molecule has 0 saturated carbocycles. The number of carbonyl (C=O) groups excluding carboxylic acids is 1. The number of amides is 2. The maximum atomic E-state index is 12.1. The fourth-order valence-electron chi connectivity index (χ4n) is 2.24. The third kappa shape index (κ3) is 4.63. The number of thioether (sulfide) groups is 1. The Labute approximate surface area is 136 Å². The van der Waals surface area contributed by atoms with Crippen molar-refractivity contribution in [1.29, 1.82) is 0 Å². The Bertz CT molecular complexity index is 625. The van der Waals surface area contributed by atoms with Gasteiger partial charge in [-0.3, -0.25) is 4.98 Å². The van der Waals surface area contributed by atoms with E-state index in [-0.39, 0.29) is 6.03 Å². The second-order valence-electron chi connectivity index (χ2n) is 5.52. The topological polar surface area (TPSA) is 45.2 Å². The van der Waals surface area contributed by atoms with Crippen molar-refractivity contribution in [3.8, 4) is 0 Å². The third-order valence-corrected chi connectivity index (χ3v) is 4.46. The van der Waals surface area contributed by atoms with E-state index < -0.39 is 0 Å². The fraction of sp³-hybridized carbons (Fsp3) is 0.412. The van der Waals surface area contributed by atoms with Crippen molar-refractivity contribution in [3.05, 3.63) is 42.2 Å². The van der Waals surface area contributed by atoms with E-state index in [9.17, 15) is 4.79 Å². The minimum Gasteiger partial charge on any atom is -0.337 e. The number of hydrogen-bond acceptors (Lipinski definition) is 3. The Morgan fingerprint density at radius 1 is 1.36 bits per heavy atom. The molecular formula is C17H23N3OS. The molecule has 5 heteroatoms. The normalized spacial score (nSPS) is 10.9. The number of urea groups is 1. The first-order valence-corrected chi connectivity index (χ1v) is 8.55. The molecule has 1 N–H and O–H groups in total. The van der Waals surface area contributed by atoms with E-state index in [1.165, 1.54) is 0 Å². The van der Waals surface area contributed by atoms with Gasteiger partial charge in [0.2, 0.25) is 0 Å². The average molecular weight is 317 g/mol. The van der Waals surface area contributed by atoms with Gasteiger partial charge in [-0.1, -0.05) is 32.0 Å². The fourth-order valence-corrected chi connectivity index (χ4v) is 2.93. The lowest BCUT2D eigenvalue weighted by atomic mass is 10.1. The highest BCUT2D eigenvalue weighted by Gasteiger charge is 2.10. The first kappa shape index (κ1) is 16.6. The van der Waals surface area contributed by atoms with Crippen LogP contribution < -0.4 is 5.32 Å². The van der Waals surface area contributed by atoms with Crippen LogP contribution in [0.1, 0.15) is 19.4 Å². The monoisotopic (exact) mass is 317 g/mol. The van der Waals surface area contributed by atoms with Gasteiger partial charge in [-0.15, -0.1) is 0 Å². The molecule has 2 aromatic rings. The number of pyridine rings is 1. The van der Waals surface area contributed by atoms with Gasteiger partial charge in [0.1, 0.15) is 0 Å². The van der Waals surface area contributed by atoms with E-state index in [4.69, 9.17) is 0 Å². The summed E-state index contributed by atoms with van der Waals surface area (Å²) in [6.07, 6.45) is 3.64. The van der Waals surface area contributed by atoms with Gasteiger partial charge in [-0.25, -0.2) is 4.79 Å². The molecule has 0 bridgehead atoms. The van der Waals surface area contributed by atoms with Crippen LogP contribution in [0.2, 0.25) is 0 Å². The van der Waals surface area contributed by atoms with E-state index in [0.29, 0.717) is 18.3 Å². The van der Waals surface area contributed by atoms with Gasteiger partial charge >= 0.3 is 6.03 Å². The summed E-state index contributed by atoms with van der Waals surface area (Å²) in [6.45, 7) is 5.61. The molecule has 0 aliphatic carbocycles. The van der Waals surface area contributed by atoms with Crippen molar-refractivity contribution in [2.45, 2.75) is 25.6 Å². The van der Waals surface area contributed by atoms with Crippen molar-refractivity contribution in [3.63, 3.8) is 0 Å². The van der Waals surface area contributed by atoms with Crippen LogP contribution in [0.15, 0.2) is 36.7 Å². The zero-order chi connectivity index (χ0) is 15.9. The molecule has 1 aromatic carbocycles. The molecule has 2 rings (SSSR count). The van der Waals surface area contributed by atoms with Crippen molar-refractivity contribution >= 4 is 28.6 Å². The summed E-state index contributed by atoms with van der Waals surface area (Å²) < 4.78 is 0. The van der Waals surface area contributed by atoms with E-state index >= 15 is 0 Å². The summed E-state index contributed by atoms with van der Waals surface area (Å²) in [4.78, 5) is 18.0. The van der Waals surface area contributed by atoms with Crippen LogP contribution in [0.25, 0.3) is 10.8 Å². The van der Waals surface area contributed by atoms with Crippen molar-refractivity contribution in [2.24, 2.45) is 0 Å². The standard InChI is InChI=1S/C17H23N3OS/c1-13(2)22-10-9-19-17(21)20(3)12-15-6-4-5-14-11-18-8-7-16(14)15/h4-8,11,13H,9-10,12H2,1-3H3,(H,19,21). The average Bonchev–Trinajstić information content (AvgIpc) is 2.51. The first-order valence-electron chi connectivity index (χ1n) is 7.50. The largest absolute Gasteiger partial charge is 0.337 e. The lowest BCUT2D eigenvalue weighted by Gasteiger charge is -2.19. The lowest BCUT2D eigenvalue weighted by Crippen LogP contribution is -2.38. The molecular weight excluding hydrogens is 294 g/mol. The smallest absolute Gasteiger partial charge is 0.317 e. The molecule has 118 valence electrons. The minimum absolute atomic E-state index is 0.0320. The zero-order valence-corrected chi connectivity index (χ0v) is 14.2. The van der Waals surface area contributed by atoms with Crippen LogP contribution in [0.4, 0.5) is 4.79 Å². The minimum atomic E-state index is -0.0320. The summed E-state index contributed by atoms with van der Waals surface area (Å²) in [5.74, 6) is 0.942. The highest BCUT2D eigenvalue weighted by Crippen LogP contribution is 2.18. The molecule has 2 amide bonds. The molecule has 0 aliphatic rings.